The number of piperazine rings is 1. The highest BCUT2D eigenvalue weighted by Crippen LogP contribution is 2.63. The molecule has 12 nitrogen and oxygen atoms in total. The molecule has 6 aliphatic heterocycles. The molecule has 4 bridgehead atoms. The number of aryl methyl sites for hydroxylation is 1. The summed E-state index contributed by atoms with van der Waals surface area (Å²) in [6, 6.07) is -0.358. The number of likely N-dealkylation sites (N-methyl/N-ethyl adjacent to an activating group) is 1. The minimum atomic E-state index is -0.964. The van der Waals surface area contributed by atoms with Gasteiger partial charge >= 0.3 is 11.9 Å². The van der Waals surface area contributed by atoms with Crippen LogP contribution in [0.3, 0.4) is 0 Å². The van der Waals surface area contributed by atoms with E-state index in [0.29, 0.717) is 52.8 Å². The molecular weight excluding hydrogens is 614 g/mol. The number of thioether (sulfide) groups is 1. The summed E-state index contributed by atoms with van der Waals surface area (Å²) < 4.78 is 29.8. The molecule has 6 heterocycles. The van der Waals surface area contributed by atoms with Crippen LogP contribution >= 0.6 is 11.8 Å². The molecule has 13 heteroatoms. The number of hydrogen-bond donors (Lipinski definition) is 3. The summed E-state index contributed by atoms with van der Waals surface area (Å²) in [4.78, 5) is 30.3. The van der Waals surface area contributed by atoms with Crippen molar-refractivity contribution in [1.82, 2.24) is 15.1 Å². The minimum Gasteiger partial charge on any atom is -0.504 e. The van der Waals surface area contributed by atoms with Gasteiger partial charge in [0.25, 0.3) is 0 Å². The molecule has 0 aromatic heterocycles. The van der Waals surface area contributed by atoms with E-state index in [4.69, 9.17) is 23.7 Å². The van der Waals surface area contributed by atoms with Gasteiger partial charge < -0.3 is 39.2 Å². The number of phenols is 1. The Balaban J connectivity index is 1.51. The van der Waals surface area contributed by atoms with E-state index in [0.717, 1.165) is 28.7 Å². The molecule has 2 aromatic rings. The third kappa shape index (κ3) is 4.57. The maximum atomic E-state index is 13.5. The van der Waals surface area contributed by atoms with Crippen molar-refractivity contribution in [2.45, 2.75) is 82.2 Å². The zero-order chi connectivity index (χ0) is 32.6. The predicted molar refractivity (Wildman–Crippen MR) is 169 cm³/mol. The second-order valence-electron chi connectivity index (χ2n) is 12.7. The van der Waals surface area contributed by atoms with Crippen LogP contribution in [0.15, 0.2) is 6.07 Å². The Hall–Kier alpha value is -3.23. The lowest BCUT2D eigenvalue weighted by Gasteiger charge is -2.62. The Labute approximate surface area is 272 Å². The second kappa shape index (κ2) is 11.8. The van der Waals surface area contributed by atoms with Crippen LogP contribution in [-0.2, 0) is 20.7 Å². The third-order valence-electron chi connectivity index (χ3n) is 10.1. The fraction of sp³-hybridized carbons (Fsp3) is 0.576. The normalized spacial score (nSPS) is 29.8. The van der Waals surface area contributed by atoms with Crippen LogP contribution in [0.5, 0.6) is 28.7 Å². The SMILES string of the molecule is CCCN[C@H]1CS[C@@H]2c3c(OC(C)=O)c(C)c4c(c3[C@H](COC1=O)N1C2[C@H]2c3c(cc(C)c(OC)c3O)C[C@@H]([C@@H]1O)N2C)OCO4. The molecule has 3 N–H and O–H groups in total. The van der Waals surface area contributed by atoms with Gasteiger partial charge in [0.15, 0.2) is 23.0 Å². The predicted octanol–water partition coefficient (Wildman–Crippen LogP) is 3.03. The van der Waals surface area contributed by atoms with Crippen LogP contribution in [0.1, 0.15) is 71.0 Å². The van der Waals surface area contributed by atoms with E-state index < -0.39 is 41.6 Å². The first kappa shape index (κ1) is 31.4. The van der Waals surface area contributed by atoms with Crippen molar-refractivity contribution < 1.29 is 43.5 Å². The average Bonchev–Trinajstić information content (AvgIpc) is 3.51. The molecule has 6 aliphatic rings. The Bertz CT molecular complexity index is 1600. The Kier molecular flexibility index (Phi) is 8.03. The number of phenolic OH excluding ortho intramolecular Hbond substituents is 1. The number of fused-ring (bicyclic) bond motifs is 10. The first-order valence-corrected chi connectivity index (χ1v) is 16.9. The number of methoxy groups -OCH3 is 1. The number of esters is 2. The molecular formula is C33H41N3O9S. The van der Waals surface area contributed by atoms with E-state index in [9.17, 15) is 19.8 Å². The molecule has 0 amide bonds. The summed E-state index contributed by atoms with van der Waals surface area (Å²) in [6.45, 7) is 7.72. The van der Waals surface area contributed by atoms with Crippen molar-refractivity contribution in [3.63, 3.8) is 0 Å². The first-order chi connectivity index (χ1) is 22.1. The molecule has 1 unspecified atom stereocenters. The van der Waals surface area contributed by atoms with E-state index in [1.54, 1.807) is 18.9 Å². The smallest absolute Gasteiger partial charge is 0.324 e. The van der Waals surface area contributed by atoms with Gasteiger partial charge in [-0.15, -0.1) is 11.8 Å². The van der Waals surface area contributed by atoms with Crippen LogP contribution in [0, 0.1) is 13.8 Å². The third-order valence-corrected chi connectivity index (χ3v) is 11.5. The highest BCUT2D eigenvalue weighted by molar-refractivity contribution is 7.99. The lowest BCUT2D eigenvalue weighted by atomic mass is 9.73. The van der Waals surface area contributed by atoms with Gasteiger partial charge in [-0.1, -0.05) is 13.0 Å². The number of aliphatic hydroxyl groups is 1. The van der Waals surface area contributed by atoms with Crippen molar-refractivity contribution >= 4 is 23.7 Å². The molecule has 2 saturated heterocycles. The lowest BCUT2D eigenvalue weighted by Crippen LogP contribution is -2.69. The fourth-order valence-corrected chi connectivity index (χ4v) is 9.78. The topological polar surface area (TPSA) is 139 Å². The molecule has 0 aliphatic carbocycles. The van der Waals surface area contributed by atoms with E-state index in [-0.39, 0.29) is 31.2 Å². The molecule has 46 heavy (non-hydrogen) atoms. The summed E-state index contributed by atoms with van der Waals surface area (Å²) in [5.41, 5.74) is 4.60. The summed E-state index contributed by atoms with van der Waals surface area (Å²) in [5.74, 6) is 1.38. The quantitative estimate of drug-likeness (QED) is 0.322. The number of aliphatic hydroxyl groups excluding tert-OH is 1. The Morgan fingerprint density at radius 3 is 2.63 bits per heavy atom. The number of hydrogen-bond acceptors (Lipinski definition) is 13. The van der Waals surface area contributed by atoms with Crippen molar-refractivity contribution in [3.05, 3.63) is 39.4 Å². The summed E-state index contributed by atoms with van der Waals surface area (Å²) >= 11 is 1.54. The fourth-order valence-electron chi connectivity index (χ4n) is 8.24. The maximum absolute atomic E-state index is 13.5. The number of rotatable bonds is 5. The van der Waals surface area contributed by atoms with Crippen LogP contribution < -0.4 is 24.3 Å². The Morgan fingerprint density at radius 1 is 1.15 bits per heavy atom. The highest BCUT2D eigenvalue weighted by Gasteiger charge is 2.60. The lowest BCUT2D eigenvalue weighted by molar-refractivity contribution is -0.184. The van der Waals surface area contributed by atoms with Crippen LogP contribution in [-0.4, -0.2) is 96.2 Å². The number of carbonyl (C=O) groups is 2. The van der Waals surface area contributed by atoms with E-state index >= 15 is 0 Å². The van der Waals surface area contributed by atoms with Gasteiger partial charge in [-0.05, 0) is 51.4 Å². The second-order valence-corrected chi connectivity index (χ2v) is 13.9. The van der Waals surface area contributed by atoms with Gasteiger partial charge in [-0.3, -0.25) is 19.4 Å². The molecule has 2 fully saturated rings. The monoisotopic (exact) mass is 655 g/mol. The number of ether oxygens (including phenoxy) is 5. The minimum absolute atomic E-state index is 0.0141. The molecule has 0 saturated carbocycles. The molecule has 8 rings (SSSR count). The van der Waals surface area contributed by atoms with Crippen molar-refractivity contribution in [3.8, 4) is 28.7 Å². The van der Waals surface area contributed by atoms with Crippen LogP contribution in [0.25, 0.3) is 0 Å². The van der Waals surface area contributed by atoms with Crippen molar-refractivity contribution in [2.75, 3.05) is 39.9 Å². The molecule has 0 radical (unpaired) electrons. The zero-order valence-electron chi connectivity index (χ0n) is 26.9. The van der Waals surface area contributed by atoms with Gasteiger partial charge in [-0.2, -0.15) is 0 Å². The molecule has 248 valence electrons. The number of carbonyl (C=O) groups excluding carboxylic acids is 2. The molecule has 2 aromatic carbocycles. The molecule has 0 spiro atoms. The van der Waals surface area contributed by atoms with E-state index in [1.165, 1.54) is 6.92 Å². The van der Waals surface area contributed by atoms with Crippen molar-refractivity contribution in [1.29, 1.82) is 0 Å². The van der Waals surface area contributed by atoms with Crippen molar-refractivity contribution in [2.24, 2.45) is 0 Å². The number of aromatic hydroxyl groups is 1. The summed E-state index contributed by atoms with van der Waals surface area (Å²) in [5, 5.41) is 27.0. The highest BCUT2D eigenvalue weighted by atomic mass is 32.2. The Morgan fingerprint density at radius 2 is 1.91 bits per heavy atom. The zero-order valence-corrected chi connectivity index (χ0v) is 27.7. The van der Waals surface area contributed by atoms with Gasteiger partial charge in [0.1, 0.15) is 24.6 Å². The van der Waals surface area contributed by atoms with E-state index in [1.807, 2.05) is 38.8 Å². The van der Waals surface area contributed by atoms with Gasteiger partial charge in [0.05, 0.1) is 30.5 Å². The van der Waals surface area contributed by atoms with Crippen LogP contribution in [0.2, 0.25) is 0 Å². The van der Waals surface area contributed by atoms with Gasteiger partial charge in [0.2, 0.25) is 6.79 Å². The average molecular weight is 656 g/mol. The number of nitrogens with zero attached hydrogens (tertiary/aromatic N) is 2. The maximum Gasteiger partial charge on any atom is 0.324 e. The summed E-state index contributed by atoms with van der Waals surface area (Å²) in [7, 11) is 3.53. The first-order valence-electron chi connectivity index (χ1n) is 15.8. The molecule has 7 atom stereocenters. The summed E-state index contributed by atoms with van der Waals surface area (Å²) in [6.07, 6.45) is 0.376. The van der Waals surface area contributed by atoms with Gasteiger partial charge in [-0.25, -0.2) is 0 Å². The van der Waals surface area contributed by atoms with E-state index in [2.05, 4.69) is 10.2 Å². The standard InChI is InChI=1S/C33H41N3O9S/c1-7-8-34-18-12-46-31-23-22(30-29(43-13-44-30)15(3)28(23)45-16(4)37)20(11-42-33(18)40)36-25(31)24-21-17(10-19(32(36)39)35(24)5)9-14(2)27(41-6)26(21)38/h9,18-20,24-25,31-32,34,38-39H,7-8,10-13H2,1-6H3/t18-,19-,20-,24+,25?,31+,32-/m0/s1. The largest absolute Gasteiger partial charge is 0.504 e. The van der Waals surface area contributed by atoms with Crippen LogP contribution in [0.4, 0.5) is 0 Å². The number of nitrogens with one attached hydrogen (secondary N) is 1. The van der Waals surface area contributed by atoms with Gasteiger partial charge in [0, 0.05) is 41.0 Å². The number of benzene rings is 2.